The lowest BCUT2D eigenvalue weighted by Crippen LogP contribution is -2.04. The number of hydrogen-bond acceptors (Lipinski definition) is 2. The average Bonchev–Trinajstić information content (AvgIpc) is 2.08. The van der Waals surface area contributed by atoms with Crippen LogP contribution >= 0.6 is 34.8 Å². The van der Waals surface area contributed by atoms with E-state index in [4.69, 9.17) is 39.5 Å². The molecule has 0 amide bonds. The molecule has 0 spiro atoms. The van der Waals surface area contributed by atoms with Crippen LogP contribution in [-0.2, 0) is 4.79 Å². The van der Waals surface area contributed by atoms with Gasteiger partial charge in [0.2, 0.25) is 0 Å². The number of esters is 1. The van der Waals surface area contributed by atoms with Crippen LogP contribution in [0.25, 0.3) is 0 Å². The number of carbonyl (C=O) groups is 1. The van der Waals surface area contributed by atoms with Crippen molar-refractivity contribution in [2.45, 2.75) is 6.92 Å². The maximum atomic E-state index is 11.2. The molecule has 0 aliphatic carbocycles. The van der Waals surface area contributed by atoms with Gasteiger partial charge in [0.05, 0.1) is 5.02 Å². The molecule has 0 aliphatic heterocycles. The lowest BCUT2D eigenvalue weighted by molar-refractivity contribution is -0.129. The van der Waals surface area contributed by atoms with E-state index in [1.165, 1.54) is 12.1 Å². The quantitative estimate of drug-likeness (QED) is 0.458. The largest absolute Gasteiger partial charge is 0.422 e. The summed E-state index contributed by atoms with van der Waals surface area (Å²) in [6.07, 6.45) is 1.16. The van der Waals surface area contributed by atoms with Crippen LogP contribution in [0.1, 0.15) is 6.92 Å². The molecule has 5 heteroatoms. The van der Waals surface area contributed by atoms with Gasteiger partial charge in [-0.15, -0.1) is 0 Å². The Labute approximate surface area is 102 Å². The van der Waals surface area contributed by atoms with Gasteiger partial charge in [-0.25, -0.2) is 4.79 Å². The summed E-state index contributed by atoms with van der Waals surface area (Å²) in [5.74, 6) is -0.327. The minimum Gasteiger partial charge on any atom is -0.422 e. The van der Waals surface area contributed by atoms with Gasteiger partial charge in [-0.05, 0) is 25.1 Å². The van der Waals surface area contributed by atoms with Crippen LogP contribution in [0.15, 0.2) is 29.3 Å². The topological polar surface area (TPSA) is 26.3 Å². The van der Waals surface area contributed by atoms with E-state index in [0.29, 0.717) is 10.1 Å². The molecule has 2 nitrogen and oxygen atoms in total. The summed E-state index contributed by atoms with van der Waals surface area (Å²) in [4.78, 5) is 11.2. The first-order chi connectivity index (χ1) is 6.99. The molecule has 80 valence electrons. The molecular formula is C10H7Cl3O2. The van der Waals surface area contributed by atoms with Crippen LogP contribution in [-0.4, -0.2) is 5.97 Å². The Kier molecular flexibility index (Phi) is 4.45. The molecule has 15 heavy (non-hydrogen) atoms. The maximum absolute atomic E-state index is 11.2. The number of allylic oxidation sites excluding steroid dienone is 1. The first-order valence-electron chi connectivity index (χ1n) is 3.99. The molecule has 0 saturated heterocycles. The second-order valence-corrected chi connectivity index (χ2v) is 4.17. The van der Waals surface area contributed by atoms with E-state index in [2.05, 4.69) is 0 Å². The molecule has 0 bridgehead atoms. The Morgan fingerprint density at radius 2 is 2.07 bits per heavy atom. The third-order valence-corrected chi connectivity index (χ3v) is 2.06. The number of rotatable bonds is 2. The van der Waals surface area contributed by atoms with Gasteiger partial charge in [0.15, 0.2) is 0 Å². The van der Waals surface area contributed by atoms with Crippen LogP contribution in [0.3, 0.4) is 0 Å². The van der Waals surface area contributed by atoms with Crippen LogP contribution in [0, 0.1) is 0 Å². The summed E-state index contributed by atoms with van der Waals surface area (Å²) in [5.41, 5.74) is 0. The van der Waals surface area contributed by atoms with E-state index in [1.807, 2.05) is 0 Å². The Hall–Kier alpha value is -0.700. The fourth-order valence-corrected chi connectivity index (χ4v) is 1.39. The smallest absolute Gasteiger partial charge is 0.337 e. The zero-order valence-electron chi connectivity index (χ0n) is 7.76. The van der Waals surface area contributed by atoms with Gasteiger partial charge in [0, 0.05) is 16.1 Å². The summed E-state index contributed by atoms with van der Waals surface area (Å²) in [5, 5.41) is 1.09. The number of ether oxygens (including phenoxy) is 1. The lowest BCUT2D eigenvalue weighted by atomic mass is 10.3. The highest BCUT2D eigenvalue weighted by Crippen LogP contribution is 2.27. The van der Waals surface area contributed by atoms with Gasteiger partial charge in [0.1, 0.15) is 5.75 Å². The SMILES string of the molecule is C/C(Cl)=C/C(=O)Oc1ccc(Cl)cc1Cl. The second-order valence-electron chi connectivity index (χ2n) is 2.73. The van der Waals surface area contributed by atoms with Crippen molar-refractivity contribution in [2.24, 2.45) is 0 Å². The number of carbonyl (C=O) groups excluding carboxylic acids is 1. The van der Waals surface area contributed by atoms with Crippen LogP contribution in [0.5, 0.6) is 5.75 Å². The standard InChI is InChI=1S/C10H7Cl3O2/c1-6(11)4-10(14)15-9-3-2-7(12)5-8(9)13/h2-5H,1H3/b6-4-. The molecule has 1 rings (SSSR count). The minimum atomic E-state index is -0.577. The van der Waals surface area contributed by atoms with Crippen LogP contribution < -0.4 is 4.74 Å². The first-order valence-corrected chi connectivity index (χ1v) is 5.13. The van der Waals surface area contributed by atoms with E-state index in [9.17, 15) is 4.79 Å². The molecule has 1 aromatic rings. The van der Waals surface area contributed by atoms with Gasteiger partial charge >= 0.3 is 5.97 Å². The van der Waals surface area contributed by atoms with Crippen molar-refractivity contribution >= 4 is 40.8 Å². The predicted molar refractivity (Wildman–Crippen MR) is 61.7 cm³/mol. The second kappa shape index (κ2) is 5.40. The minimum absolute atomic E-state index is 0.250. The van der Waals surface area contributed by atoms with Crippen molar-refractivity contribution in [1.82, 2.24) is 0 Å². The molecule has 0 fully saturated rings. The first kappa shape index (κ1) is 12.4. The number of hydrogen-bond donors (Lipinski definition) is 0. The van der Waals surface area contributed by atoms with Gasteiger partial charge < -0.3 is 4.74 Å². The normalized spacial score (nSPS) is 11.3. The molecule has 0 aliphatic rings. The van der Waals surface area contributed by atoms with E-state index in [1.54, 1.807) is 13.0 Å². The van der Waals surface area contributed by atoms with Crippen molar-refractivity contribution < 1.29 is 9.53 Å². The highest BCUT2D eigenvalue weighted by atomic mass is 35.5. The third kappa shape index (κ3) is 4.12. The molecular weight excluding hydrogens is 258 g/mol. The molecule has 0 atom stereocenters. The van der Waals surface area contributed by atoms with E-state index in [0.717, 1.165) is 6.08 Å². The molecule has 0 heterocycles. The molecule has 0 saturated carbocycles. The van der Waals surface area contributed by atoms with Crippen molar-refractivity contribution in [3.8, 4) is 5.75 Å². The third-order valence-electron chi connectivity index (χ3n) is 1.42. The fourth-order valence-electron chi connectivity index (χ4n) is 0.858. The van der Waals surface area contributed by atoms with Crippen molar-refractivity contribution in [1.29, 1.82) is 0 Å². The van der Waals surface area contributed by atoms with Gasteiger partial charge in [-0.2, -0.15) is 0 Å². The highest BCUT2D eigenvalue weighted by molar-refractivity contribution is 6.35. The average molecular weight is 266 g/mol. The van der Waals surface area contributed by atoms with Gasteiger partial charge in [-0.3, -0.25) is 0 Å². The number of benzene rings is 1. The van der Waals surface area contributed by atoms with Gasteiger partial charge in [0.25, 0.3) is 0 Å². The number of halogens is 3. The van der Waals surface area contributed by atoms with Crippen molar-refractivity contribution in [3.05, 3.63) is 39.4 Å². The fraction of sp³-hybridized carbons (Fsp3) is 0.100. The summed E-state index contributed by atoms with van der Waals surface area (Å²) in [6, 6.07) is 4.58. The monoisotopic (exact) mass is 264 g/mol. The highest BCUT2D eigenvalue weighted by Gasteiger charge is 2.06. The van der Waals surface area contributed by atoms with Crippen molar-refractivity contribution in [2.75, 3.05) is 0 Å². The Balaban J connectivity index is 2.82. The van der Waals surface area contributed by atoms with E-state index >= 15 is 0 Å². The molecule has 1 aromatic carbocycles. The Morgan fingerprint density at radius 3 is 2.60 bits per heavy atom. The summed E-state index contributed by atoms with van der Waals surface area (Å²) in [6.45, 7) is 1.58. The Morgan fingerprint density at radius 1 is 1.40 bits per heavy atom. The Bertz CT molecular complexity index is 409. The predicted octanol–water partition coefficient (Wildman–Crippen LogP) is 4.04. The molecule has 0 N–H and O–H groups in total. The molecule has 0 aromatic heterocycles. The maximum Gasteiger partial charge on any atom is 0.337 e. The van der Waals surface area contributed by atoms with E-state index in [-0.39, 0.29) is 10.8 Å². The molecule has 0 radical (unpaired) electrons. The lowest BCUT2D eigenvalue weighted by Gasteiger charge is -2.03. The zero-order valence-corrected chi connectivity index (χ0v) is 10.0. The summed E-state index contributed by atoms with van der Waals surface area (Å²) in [7, 11) is 0. The summed E-state index contributed by atoms with van der Waals surface area (Å²) < 4.78 is 4.92. The van der Waals surface area contributed by atoms with Crippen molar-refractivity contribution in [3.63, 3.8) is 0 Å². The van der Waals surface area contributed by atoms with Crippen LogP contribution in [0.4, 0.5) is 0 Å². The zero-order chi connectivity index (χ0) is 11.4. The molecule has 0 unspecified atom stereocenters. The van der Waals surface area contributed by atoms with Gasteiger partial charge in [-0.1, -0.05) is 34.8 Å². The summed E-state index contributed by atoms with van der Waals surface area (Å²) >= 11 is 17.0. The van der Waals surface area contributed by atoms with E-state index < -0.39 is 5.97 Å². The van der Waals surface area contributed by atoms with Crippen LogP contribution in [0.2, 0.25) is 10.0 Å².